The van der Waals surface area contributed by atoms with E-state index >= 15 is 0 Å². The summed E-state index contributed by atoms with van der Waals surface area (Å²) >= 11 is 0. The number of rotatable bonds is 5. The van der Waals surface area contributed by atoms with Gasteiger partial charge in [-0.05, 0) is 24.6 Å². The first-order valence-corrected chi connectivity index (χ1v) is 7.44. The summed E-state index contributed by atoms with van der Waals surface area (Å²) in [5.41, 5.74) is 1.28. The van der Waals surface area contributed by atoms with E-state index in [1.54, 1.807) is 18.2 Å². The van der Waals surface area contributed by atoms with Crippen LogP contribution in [0.2, 0.25) is 0 Å². The molecule has 0 heterocycles. The van der Waals surface area contributed by atoms with E-state index in [0.717, 1.165) is 5.56 Å². The summed E-state index contributed by atoms with van der Waals surface area (Å²) in [6.07, 6.45) is 0. The molecule has 0 radical (unpaired) electrons. The molecule has 2 N–H and O–H groups in total. The summed E-state index contributed by atoms with van der Waals surface area (Å²) in [7, 11) is 3.00. The van der Waals surface area contributed by atoms with Crippen LogP contribution in [0.1, 0.15) is 18.5 Å². The van der Waals surface area contributed by atoms with Crippen molar-refractivity contribution in [3.05, 3.63) is 54.1 Å². The highest BCUT2D eigenvalue weighted by atomic mass is 16.5. The number of benzene rings is 2. The number of hydrogen-bond donors (Lipinski definition) is 2. The molecule has 0 spiro atoms. The minimum absolute atomic E-state index is 0.281. The average Bonchev–Trinajstić information content (AvgIpc) is 2.62. The van der Waals surface area contributed by atoms with Gasteiger partial charge < -0.3 is 20.1 Å². The fourth-order valence-electron chi connectivity index (χ4n) is 2.18. The Bertz CT molecular complexity index is 716. The van der Waals surface area contributed by atoms with Crippen LogP contribution in [0.15, 0.2) is 48.5 Å². The second kappa shape index (κ2) is 8.01. The van der Waals surface area contributed by atoms with Crippen LogP contribution in [0.3, 0.4) is 0 Å². The Morgan fingerprint density at radius 3 is 2.29 bits per heavy atom. The van der Waals surface area contributed by atoms with Crippen molar-refractivity contribution in [1.29, 1.82) is 0 Å². The standard InChI is InChI=1S/C18H20N2O4/c1-12(13-7-5-4-6-8-13)19-17(21)18(22)20-15-11-14(23-2)9-10-16(15)24-3/h4-12H,1-3H3,(H,19,21)(H,20,22)/t12-/m0/s1. The zero-order valence-electron chi connectivity index (χ0n) is 13.8. The van der Waals surface area contributed by atoms with E-state index in [-0.39, 0.29) is 6.04 Å². The monoisotopic (exact) mass is 328 g/mol. The van der Waals surface area contributed by atoms with E-state index in [4.69, 9.17) is 9.47 Å². The van der Waals surface area contributed by atoms with Crippen molar-refractivity contribution in [3.63, 3.8) is 0 Å². The number of ether oxygens (including phenoxy) is 2. The molecule has 2 amide bonds. The van der Waals surface area contributed by atoms with Crippen LogP contribution in [0, 0.1) is 0 Å². The first kappa shape index (κ1) is 17.3. The third-order valence-electron chi connectivity index (χ3n) is 3.51. The van der Waals surface area contributed by atoms with Crippen molar-refractivity contribution in [2.45, 2.75) is 13.0 Å². The number of nitrogens with one attached hydrogen (secondary N) is 2. The van der Waals surface area contributed by atoms with Gasteiger partial charge in [-0.15, -0.1) is 0 Å². The summed E-state index contributed by atoms with van der Waals surface area (Å²) in [6.45, 7) is 1.81. The molecule has 0 aliphatic heterocycles. The van der Waals surface area contributed by atoms with E-state index in [1.165, 1.54) is 14.2 Å². The Labute approximate surface area is 140 Å². The minimum atomic E-state index is -0.774. The summed E-state index contributed by atoms with van der Waals surface area (Å²) in [6, 6.07) is 14.1. The highest BCUT2D eigenvalue weighted by Gasteiger charge is 2.19. The van der Waals surface area contributed by atoms with Gasteiger partial charge in [-0.1, -0.05) is 30.3 Å². The number of methoxy groups -OCH3 is 2. The fraction of sp³-hybridized carbons (Fsp3) is 0.222. The molecule has 24 heavy (non-hydrogen) atoms. The average molecular weight is 328 g/mol. The number of amides is 2. The zero-order valence-corrected chi connectivity index (χ0v) is 13.8. The molecule has 0 saturated carbocycles. The van der Waals surface area contributed by atoms with Crippen LogP contribution in [-0.2, 0) is 9.59 Å². The van der Waals surface area contributed by atoms with E-state index < -0.39 is 11.8 Å². The summed E-state index contributed by atoms with van der Waals surface area (Å²) in [5, 5.41) is 5.20. The Balaban J connectivity index is 2.05. The maximum Gasteiger partial charge on any atom is 0.313 e. The smallest absolute Gasteiger partial charge is 0.313 e. The van der Waals surface area contributed by atoms with Crippen molar-refractivity contribution in [1.82, 2.24) is 5.32 Å². The SMILES string of the molecule is COc1ccc(OC)c(NC(=O)C(=O)N[C@@H](C)c2ccccc2)c1. The molecule has 6 nitrogen and oxygen atoms in total. The van der Waals surface area contributed by atoms with Gasteiger partial charge in [0.2, 0.25) is 0 Å². The molecular formula is C18H20N2O4. The minimum Gasteiger partial charge on any atom is -0.497 e. The third kappa shape index (κ3) is 4.25. The lowest BCUT2D eigenvalue weighted by atomic mass is 10.1. The van der Waals surface area contributed by atoms with E-state index in [2.05, 4.69) is 10.6 Å². The molecular weight excluding hydrogens is 308 g/mol. The van der Waals surface area contributed by atoms with E-state index in [9.17, 15) is 9.59 Å². The molecule has 0 aliphatic rings. The predicted molar refractivity (Wildman–Crippen MR) is 91.2 cm³/mol. The zero-order chi connectivity index (χ0) is 17.5. The lowest BCUT2D eigenvalue weighted by Gasteiger charge is -2.15. The molecule has 2 aromatic carbocycles. The quantitative estimate of drug-likeness (QED) is 0.827. The predicted octanol–water partition coefficient (Wildman–Crippen LogP) is 2.52. The highest BCUT2D eigenvalue weighted by Crippen LogP contribution is 2.28. The lowest BCUT2D eigenvalue weighted by molar-refractivity contribution is -0.136. The van der Waals surface area contributed by atoms with Crippen LogP contribution in [0.5, 0.6) is 11.5 Å². The van der Waals surface area contributed by atoms with Crippen LogP contribution in [0.25, 0.3) is 0 Å². The maximum atomic E-state index is 12.1. The van der Waals surface area contributed by atoms with E-state index in [0.29, 0.717) is 17.2 Å². The van der Waals surface area contributed by atoms with Gasteiger partial charge in [0.25, 0.3) is 0 Å². The lowest BCUT2D eigenvalue weighted by Crippen LogP contribution is -2.37. The normalized spacial score (nSPS) is 11.3. The molecule has 0 aliphatic carbocycles. The Hall–Kier alpha value is -3.02. The van der Waals surface area contributed by atoms with Gasteiger partial charge in [0, 0.05) is 6.07 Å². The van der Waals surface area contributed by atoms with Gasteiger partial charge in [0.15, 0.2) is 0 Å². The van der Waals surface area contributed by atoms with Crippen LogP contribution in [0.4, 0.5) is 5.69 Å². The molecule has 126 valence electrons. The molecule has 1 atom stereocenters. The summed E-state index contributed by atoms with van der Waals surface area (Å²) in [4.78, 5) is 24.2. The Kier molecular flexibility index (Phi) is 5.78. The highest BCUT2D eigenvalue weighted by molar-refractivity contribution is 6.39. The van der Waals surface area contributed by atoms with Crippen molar-refractivity contribution >= 4 is 17.5 Å². The second-order valence-electron chi connectivity index (χ2n) is 5.13. The Morgan fingerprint density at radius 2 is 1.67 bits per heavy atom. The maximum absolute atomic E-state index is 12.1. The third-order valence-corrected chi connectivity index (χ3v) is 3.51. The number of anilines is 1. The first-order valence-electron chi connectivity index (χ1n) is 7.44. The first-order chi connectivity index (χ1) is 11.5. The topological polar surface area (TPSA) is 76.7 Å². The van der Waals surface area contributed by atoms with Crippen LogP contribution < -0.4 is 20.1 Å². The largest absolute Gasteiger partial charge is 0.497 e. The number of carbonyl (C=O) groups excluding carboxylic acids is 2. The number of hydrogen-bond acceptors (Lipinski definition) is 4. The van der Waals surface area contributed by atoms with Crippen LogP contribution in [-0.4, -0.2) is 26.0 Å². The van der Waals surface area contributed by atoms with Gasteiger partial charge in [0.05, 0.1) is 25.9 Å². The van der Waals surface area contributed by atoms with Crippen molar-refractivity contribution in [2.75, 3.05) is 19.5 Å². The molecule has 0 unspecified atom stereocenters. The van der Waals surface area contributed by atoms with Crippen molar-refractivity contribution in [3.8, 4) is 11.5 Å². The van der Waals surface area contributed by atoms with Gasteiger partial charge >= 0.3 is 11.8 Å². The van der Waals surface area contributed by atoms with E-state index in [1.807, 2.05) is 37.3 Å². The van der Waals surface area contributed by atoms with Crippen molar-refractivity contribution in [2.24, 2.45) is 0 Å². The second-order valence-corrected chi connectivity index (χ2v) is 5.13. The molecule has 6 heteroatoms. The molecule has 0 fully saturated rings. The molecule has 0 saturated heterocycles. The van der Waals surface area contributed by atoms with Gasteiger partial charge in [-0.25, -0.2) is 0 Å². The molecule has 2 rings (SSSR count). The summed E-state index contributed by atoms with van der Waals surface area (Å²) in [5.74, 6) is -0.516. The molecule has 0 aromatic heterocycles. The van der Waals surface area contributed by atoms with Crippen LogP contribution >= 0.6 is 0 Å². The van der Waals surface area contributed by atoms with Gasteiger partial charge in [-0.3, -0.25) is 9.59 Å². The molecule has 0 bridgehead atoms. The van der Waals surface area contributed by atoms with Gasteiger partial charge in [-0.2, -0.15) is 0 Å². The fourth-order valence-corrected chi connectivity index (χ4v) is 2.18. The van der Waals surface area contributed by atoms with Crippen molar-refractivity contribution < 1.29 is 19.1 Å². The Morgan fingerprint density at radius 1 is 0.958 bits per heavy atom. The number of carbonyl (C=O) groups is 2. The summed E-state index contributed by atoms with van der Waals surface area (Å²) < 4.78 is 10.3. The molecule has 2 aromatic rings. The van der Waals surface area contributed by atoms with Gasteiger partial charge in [0.1, 0.15) is 11.5 Å².